The first-order valence-electron chi connectivity index (χ1n) is 4.97. The van der Waals surface area contributed by atoms with Gasteiger partial charge in [0, 0.05) is 15.4 Å². The van der Waals surface area contributed by atoms with Crippen molar-refractivity contribution in [1.82, 2.24) is 0 Å². The number of aliphatic hydroxyl groups is 1. The fourth-order valence-corrected chi connectivity index (χ4v) is 2.18. The fourth-order valence-electron chi connectivity index (χ4n) is 1.34. The van der Waals surface area contributed by atoms with E-state index in [0.29, 0.717) is 0 Å². The maximum absolute atomic E-state index is 9.20. The third-order valence-electron chi connectivity index (χ3n) is 2.17. The van der Waals surface area contributed by atoms with Crippen molar-refractivity contribution in [3.05, 3.63) is 66.7 Å². The molecular weight excluding hydrogens is 216 g/mol. The lowest BCUT2D eigenvalue weighted by atomic mass is 10.2. The summed E-state index contributed by atoms with van der Waals surface area (Å²) in [5, 5.41) is 9.20. The van der Waals surface area contributed by atoms with Crippen molar-refractivity contribution in [2.45, 2.75) is 9.79 Å². The van der Waals surface area contributed by atoms with Gasteiger partial charge >= 0.3 is 0 Å². The molecule has 0 fully saturated rings. The van der Waals surface area contributed by atoms with E-state index >= 15 is 0 Å². The van der Waals surface area contributed by atoms with Crippen LogP contribution in [0.5, 0.6) is 0 Å². The number of benzene rings is 2. The standard InChI is InChI=1S/C14H12OS/c1-11(15)12-7-9-14(10-8-12)16-13-5-3-2-4-6-13/h2-10,15H,1H2. The van der Waals surface area contributed by atoms with Gasteiger partial charge in [0.25, 0.3) is 0 Å². The zero-order valence-corrected chi connectivity index (χ0v) is 9.58. The molecule has 0 bridgehead atoms. The first kappa shape index (κ1) is 10.8. The summed E-state index contributed by atoms with van der Waals surface area (Å²) in [6, 6.07) is 17.9. The molecular formula is C14H12OS. The molecule has 0 heterocycles. The highest BCUT2D eigenvalue weighted by Crippen LogP contribution is 2.27. The Bertz CT molecular complexity index is 474. The normalized spacial score (nSPS) is 10.0. The fraction of sp³-hybridized carbons (Fsp3) is 0. The predicted octanol–water partition coefficient (Wildman–Crippen LogP) is 4.37. The third kappa shape index (κ3) is 2.67. The van der Waals surface area contributed by atoms with E-state index in [9.17, 15) is 5.11 Å². The van der Waals surface area contributed by atoms with Gasteiger partial charge in [-0.1, -0.05) is 48.7 Å². The Kier molecular flexibility index (Phi) is 3.32. The summed E-state index contributed by atoms with van der Waals surface area (Å²) < 4.78 is 0. The lowest BCUT2D eigenvalue weighted by Crippen LogP contribution is -1.80. The van der Waals surface area contributed by atoms with Crippen LogP contribution in [0.3, 0.4) is 0 Å². The Morgan fingerprint density at radius 3 is 2.00 bits per heavy atom. The van der Waals surface area contributed by atoms with Crippen LogP contribution in [0, 0.1) is 0 Å². The van der Waals surface area contributed by atoms with Gasteiger partial charge < -0.3 is 5.11 Å². The Labute approximate surface area is 99.4 Å². The average molecular weight is 228 g/mol. The molecule has 0 atom stereocenters. The molecule has 0 unspecified atom stereocenters. The molecule has 2 aromatic rings. The second kappa shape index (κ2) is 4.90. The van der Waals surface area contributed by atoms with E-state index in [2.05, 4.69) is 18.7 Å². The monoisotopic (exact) mass is 228 g/mol. The van der Waals surface area contributed by atoms with Crippen LogP contribution in [0.2, 0.25) is 0 Å². The highest BCUT2D eigenvalue weighted by atomic mass is 32.2. The summed E-state index contributed by atoms with van der Waals surface area (Å²) in [6.45, 7) is 3.49. The minimum atomic E-state index is 0.108. The first-order valence-corrected chi connectivity index (χ1v) is 5.78. The molecule has 0 spiro atoms. The van der Waals surface area contributed by atoms with E-state index < -0.39 is 0 Å². The van der Waals surface area contributed by atoms with E-state index in [0.717, 1.165) is 10.5 Å². The number of aliphatic hydroxyl groups excluding tert-OH is 1. The van der Waals surface area contributed by atoms with Crippen molar-refractivity contribution < 1.29 is 5.11 Å². The Morgan fingerprint density at radius 2 is 1.44 bits per heavy atom. The molecule has 2 heteroatoms. The number of hydrogen-bond acceptors (Lipinski definition) is 2. The van der Waals surface area contributed by atoms with Crippen molar-refractivity contribution in [2.75, 3.05) is 0 Å². The second-order valence-corrected chi connectivity index (χ2v) is 4.53. The minimum absolute atomic E-state index is 0.108. The highest BCUT2D eigenvalue weighted by Gasteiger charge is 1.98. The molecule has 0 aliphatic carbocycles. The lowest BCUT2D eigenvalue weighted by Gasteiger charge is -2.02. The Balaban J connectivity index is 2.14. The van der Waals surface area contributed by atoms with Crippen LogP contribution in [0.1, 0.15) is 5.56 Å². The number of rotatable bonds is 3. The molecule has 16 heavy (non-hydrogen) atoms. The van der Waals surface area contributed by atoms with Gasteiger partial charge in [0.2, 0.25) is 0 Å². The quantitative estimate of drug-likeness (QED) is 0.787. The molecule has 0 saturated carbocycles. The van der Waals surface area contributed by atoms with Gasteiger partial charge in [0.05, 0.1) is 0 Å². The summed E-state index contributed by atoms with van der Waals surface area (Å²) in [7, 11) is 0. The van der Waals surface area contributed by atoms with Gasteiger partial charge in [0.15, 0.2) is 0 Å². The van der Waals surface area contributed by atoms with Crippen LogP contribution in [-0.2, 0) is 0 Å². The van der Waals surface area contributed by atoms with Gasteiger partial charge in [-0.3, -0.25) is 0 Å². The van der Waals surface area contributed by atoms with Gasteiger partial charge in [0.1, 0.15) is 5.76 Å². The van der Waals surface area contributed by atoms with E-state index in [-0.39, 0.29) is 5.76 Å². The Morgan fingerprint density at radius 1 is 0.875 bits per heavy atom. The van der Waals surface area contributed by atoms with E-state index in [4.69, 9.17) is 0 Å². The van der Waals surface area contributed by atoms with Gasteiger partial charge in [-0.25, -0.2) is 0 Å². The van der Waals surface area contributed by atoms with Crippen molar-refractivity contribution in [1.29, 1.82) is 0 Å². The SMILES string of the molecule is C=C(O)c1ccc(Sc2ccccc2)cc1. The van der Waals surface area contributed by atoms with Crippen molar-refractivity contribution in [3.63, 3.8) is 0 Å². The molecule has 0 radical (unpaired) electrons. The molecule has 0 amide bonds. The minimum Gasteiger partial charge on any atom is -0.508 e. The summed E-state index contributed by atoms with van der Waals surface area (Å²) >= 11 is 1.70. The van der Waals surface area contributed by atoms with Crippen molar-refractivity contribution >= 4 is 17.5 Å². The molecule has 0 aliphatic heterocycles. The van der Waals surface area contributed by atoms with Crippen molar-refractivity contribution in [2.24, 2.45) is 0 Å². The van der Waals surface area contributed by atoms with Crippen LogP contribution < -0.4 is 0 Å². The maximum atomic E-state index is 9.20. The lowest BCUT2D eigenvalue weighted by molar-refractivity contribution is 0.514. The van der Waals surface area contributed by atoms with Crippen LogP contribution in [0.25, 0.3) is 5.76 Å². The van der Waals surface area contributed by atoms with E-state index in [1.807, 2.05) is 42.5 Å². The van der Waals surface area contributed by atoms with Gasteiger partial charge in [-0.2, -0.15) is 0 Å². The molecule has 2 aromatic carbocycles. The number of hydrogen-bond donors (Lipinski definition) is 1. The second-order valence-electron chi connectivity index (χ2n) is 3.39. The van der Waals surface area contributed by atoms with Gasteiger partial charge in [-0.05, 0) is 24.3 Å². The maximum Gasteiger partial charge on any atom is 0.115 e. The largest absolute Gasteiger partial charge is 0.508 e. The van der Waals surface area contributed by atoms with E-state index in [1.54, 1.807) is 11.8 Å². The third-order valence-corrected chi connectivity index (χ3v) is 3.18. The highest BCUT2D eigenvalue weighted by molar-refractivity contribution is 7.99. The molecule has 0 aliphatic rings. The van der Waals surface area contributed by atoms with Crippen LogP contribution in [-0.4, -0.2) is 5.11 Å². The summed E-state index contributed by atoms with van der Waals surface area (Å²) in [5.74, 6) is 0.108. The van der Waals surface area contributed by atoms with Crippen LogP contribution in [0.4, 0.5) is 0 Å². The smallest absolute Gasteiger partial charge is 0.115 e. The zero-order valence-electron chi connectivity index (χ0n) is 8.76. The molecule has 2 rings (SSSR count). The molecule has 0 saturated heterocycles. The van der Waals surface area contributed by atoms with Crippen LogP contribution in [0.15, 0.2) is 71.0 Å². The van der Waals surface area contributed by atoms with E-state index in [1.165, 1.54) is 4.90 Å². The summed E-state index contributed by atoms with van der Waals surface area (Å²) in [6.07, 6.45) is 0. The first-order chi connectivity index (χ1) is 7.75. The predicted molar refractivity (Wildman–Crippen MR) is 68.7 cm³/mol. The molecule has 1 nitrogen and oxygen atoms in total. The summed E-state index contributed by atoms with van der Waals surface area (Å²) in [4.78, 5) is 2.36. The zero-order chi connectivity index (χ0) is 11.4. The average Bonchev–Trinajstić information content (AvgIpc) is 2.31. The summed E-state index contributed by atoms with van der Waals surface area (Å²) in [5.41, 5.74) is 0.761. The van der Waals surface area contributed by atoms with Crippen LogP contribution >= 0.6 is 11.8 Å². The molecule has 0 aromatic heterocycles. The molecule has 80 valence electrons. The van der Waals surface area contributed by atoms with Crippen molar-refractivity contribution in [3.8, 4) is 0 Å². The topological polar surface area (TPSA) is 20.2 Å². The van der Waals surface area contributed by atoms with Gasteiger partial charge in [-0.15, -0.1) is 0 Å². The molecule has 1 N–H and O–H groups in total. The Hall–Kier alpha value is -1.67.